The van der Waals surface area contributed by atoms with Gasteiger partial charge in [-0.15, -0.1) is 5.10 Å². The molecule has 0 radical (unpaired) electrons. The van der Waals surface area contributed by atoms with E-state index >= 15 is 0 Å². The Hall–Kier alpha value is -1.84. The average molecular weight is 308 g/mol. The maximum Gasteiger partial charge on any atom is 0.288 e. The monoisotopic (exact) mass is 308 g/mol. The van der Waals surface area contributed by atoms with Crippen LogP contribution in [0.4, 0.5) is 0 Å². The molecule has 0 unspecified atom stereocenters. The molecule has 1 aromatic heterocycles. The van der Waals surface area contributed by atoms with Crippen molar-refractivity contribution < 1.29 is 23.8 Å². The molecule has 0 bridgehead atoms. The van der Waals surface area contributed by atoms with E-state index in [1.54, 1.807) is 0 Å². The van der Waals surface area contributed by atoms with Gasteiger partial charge in [0.15, 0.2) is 18.3 Å². The summed E-state index contributed by atoms with van der Waals surface area (Å²) in [6.45, 7) is 0. The van der Waals surface area contributed by atoms with Crippen LogP contribution >= 0.6 is 0 Å². The van der Waals surface area contributed by atoms with Crippen molar-refractivity contribution in [3.05, 3.63) is 12.2 Å². The first-order valence-corrected chi connectivity index (χ1v) is 7.29. The molecule has 2 aliphatic heterocycles. The Morgan fingerprint density at radius 1 is 1.36 bits per heavy atom. The van der Waals surface area contributed by atoms with E-state index in [0.29, 0.717) is 6.29 Å². The van der Waals surface area contributed by atoms with Gasteiger partial charge in [0.2, 0.25) is 5.82 Å². The van der Waals surface area contributed by atoms with Crippen molar-refractivity contribution in [1.82, 2.24) is 14.8 Å². The molecule has 3 heterocycles. The minimum absolute atomic E-state index is 0.107. The number of primary amides is 1. The SMILES string of the molecule is NC(=O)c1ncn([C@@H]2O[C@H](C=O)[C@H]3OC4(CCCC4)O[C@H]32)n1. The smallest absolute Gasteiger partial charge is 0.288 e. The lowest BCUT2D eigenvalue weighted by Gasteiger charge is -2.25. The summed E-state index contributed by atoms with van der Waals surface area (Å²) in [5, 5.41) is 3.99. The summed E-state index contributed by atoms with van der Waals surface area (Å²) in [7, 11) is 0. The maximum absolute atomic E-state index is 11.3. The van der Waals surface area contributed by atoms with E-state index in [1.807, 2.05) is 0 Å². The van der Waals surface area contributed by atoms with Crippen LogP contribution in [0.5, 0.6) is 0 Å². The van der Waals surface area contributed by atoms with Gasteiger partial charge >= 0.3 is 0 Å². The second-order valence-electron chi connectivity index (χ2n) is 5.82. The van der Waals surface area contributed by atoms with Crippen LogP contribution in [0.1, 0.15) is 42.5 Å². The predicted octanol–water partition coefficient (Wildman–Crippen LogP) is -0.472. The van der Waals surface area contributed by atoms with Crippen LogP contribution in [0.15, 0.2) is 6.33 Å². The number of ether oxygens (including phenoxy) is 3. The van der Waals surface area contributed by atoms with Crippen LogP contribution in [0.2, 0.25) is 0 Å². The number of amides is 1. The number of rotatable bonds is 3. The van der Waals surface area contributed by atoms with Crippen LogP contribution in [0.3, 0.4) is 0 Å². The van der Waals surface area contributed by atoms with Crippen LogP contribution < -0.4 is 5.73 Å². The highest BCUT2D eigenvalue weighted by Gasteiger charge is 2.59. The lowest BCUT2D eigenvalue weighted by Crippen LogP contribution is -2.32. The van der Waals surface area contributed by atoms with Gasteiger partial charge in [-0.3, -0.25) is 4.79 Å². The highest BCUT2D eigenvalue weighted by Crippen LogP contribution is 2.48. The third kappa shape index (κ3) is 1.97. The molecule has 3 fully saturated rings. The molecule has 1 amide bonds. The topological polar surface area (TPSA) is 119 Å². The highest BCUT2D eigenvalue weighted by atomic mass is 16.8. The molecule has 1 spiro atoms. The molecule has 22 heavy (non-hydrogen) atoms. The van der Waals surface area contributed by atoms with E-state index in [9.17, 15) is 9.59 Å². The standard InChI is InChI=1S/C13H16N4O5/c14-10(19)11-15-6-17(16-11)12-9-8(7(5-18)20-12)21-13(22-9)3-1-2-4-13/h5-9,12H,1-4H2,(H2,14,19)/t7-,8-,9-,12-/m1/s1. The third-order valence-corrected chi connectivity index (χ3v) is 4.42. The minimum Gasteiger partial charge on any atom is -0.363 e. The van der Waals surface area contributed by atoms with Crippen molar-refractivity contribution in [3.8, 4) is 0 Å². The Kier molecular flexibility index (Phi) is 3.03. The summed E-state index contributed by atoms with van der Waals surface area (Å²) in [6.07, 6.45) is 3.41. The van der Waals surface area contributed by atoms with Crippen molar-refractivity contribution in [1.29, 1.82) is 0 Å². The molecular formula is C13H16N4O5. The summed E-state index contributed by atoms with van der Waals surface area (Å²) in [5.74, 6) is -1.45. The van der Waals surface area contributed by atoms with Crippen molar-refractivity contribution in [3.63, 3.8) is 0 Å². The van der Waals surface area contributed by atoms with Crippen LogP contribution in [-0.2, 0) is 19.0 Å². The molecular weight excluding hydrogens is 292 g/mol. The fraction of sp³-hybridized carbons (Fsp3) is 0.692. The van der Waals surface area contributed by atoms with E-state index in [-0.39, 0.29) is 5.82 Å². The summed E-state index contributed by atoms with van der Waals surface area (Å²) < 4.78 is 19.1. The molecule has 2 saturated heterocycles. The van der Waals surface area contributed by atoms with Gasteiger partial charge in [0.25, 0.3) is 5.91 Å². The van der Waals surface area contributed by atoms with Gasteiger partial charge in [-0.1, -0.05) is 0 Å². The summed E-state index contributed by atoms with van der Waals surface area (Å²) in [5.41, 5.74) is 5.15. The first-order chi connectivity index (χ1) is 10.6. The number of nitrogens with two attached hydrogens (primary N) is 1. The molecule has 9 nitrogen and oxygen atoms in total. The summed E-state index contributed by atoms with van der Waals surface area (Å²) >= 11 is 0. The molecule has 1 saturated carbocycles. The predicted molar refractivity (Wildman–Crippen MR) is 69.5 cm³/mol. The van der Waals surface area contributed by atoms with Crippen molar-refractivity contribution in [2.24, 2.45) is 5.73 Å². The number of aromatic nitrogens is 3. The van der Waals surface area contributed by atoms with E-state index in [2.05, 4.69) is 10.1 Å². The van der Waals surface area contributed by atoms with E-state index in [4.69, 9.17) is 19.9 Å². The minimum atomic E-state index is -0.726. The fourth-order valence-electron chi connectivity index (χ4n) is 3.43. The Labute approximate surface area is 125 Å². The number of fused-ring (bicyclic) bond motifs is 1. The fourth-order valence-corrected chi connectivity index (χ4v) is 3.43. The van der Waals surface area contributed by atoms with Gasteiger partial charge in [0.05, 0.1) is 0 Å². The summed E-state index contributed by atoms with van der Waals surface area (Å²) in [4.78, 5) is 26.2. The van der Waals surface area contributed by atoms with Gasteiger partial charge in [-0.2, -0.15) is 0 Å². The lowest BCUT2D eigenvalue weighted by atomic mass is 10.1. The Balaban J connectivity index is 1.62. The maximum atomic E-state index is 11.3. The summed E-state index contributed by atoms with van der Waals surface area (Å²) in [6, 6.07) is 0. The van der Waals surface area contributed by atoms with Gasteiger partial charge in [-0.05, 0) is 12.8 Å². The number of carbonyl (C=O) groups is 2. The molecule has 9 heteroatoms. The zero-order valence-corrected chi connectivity index (χ0v) is 11.8. The Morgan fingerprint density at radius 2 is 2.09 bits per heavy atom. The molecule has 4 atom stereocenters. The van der Waals surface area contributed by atoms with E-state index in [1.165, 1.54) is 11.0 Å². The molecule has 4 rings (SSSR count). The molecule has 118 valence electrons. The first kappa shape index (κ1) is 13.8. The third-order valence-electron chi connectivity index (χ3n) is 4.42. The van der Waals surface area contributed by atoms with Crippen molar-refractivity contribution in [2.75, 3.05) is 0 Å². The van der Waals surface area contributed by atoms with Gasteiger partial charge < -0.3 is 24.7 Å². The van der Waals surface area contributed by atoms with E-state index < -0.39 is 36.2 Å². The second kappa shape index (κ2) is 4.83. The molecule has 2 N–H and O–H groups in total. The first-order valence-electron chi connectivity index (χ1n) is 7.29. The number of carbonyl (C=O) groups excluding carboxylic acids is 2. The molecule has 3 aliphatic rings. The van der Waals surface area contributed by atoms with E-state index in [0.717, 1.165) is 25.7 Å². The Morgan fingerprint density at radius 3 is 2.73 bits per heavy atom. The quantitative estimate of drug-likeness (QED) is 0.749. The lowest BCUT2D eigenvalue weighted by molar-refractivity contribution is -0.211. The van der Waals surface area contributed by atoms with Gasteiger partial charge in [0, 0.05) is 12.8 Å². The second-order valence-corrected chi connectivity index (χ2v) is 5.82. The van der Waals surface area contributed by atoms with Gasteiger partial charge in [-0.25, -0.2) is 9.67 Å². The van der Waals surface area contributed by atoms with Crippen LogP contribution in [0.25, 0.3) is 0 Å². The molecule has 1 aromatic rings. The molecule has 0 aromatic carbocycles. The average Bonchev–Trinajstić information content (AvgIpc) is 3.24. The van der Waals surface area contributed by atoms with Gasteiger partial charge in [0.1, 0.15) is 24.6 Å². The number of hydrogen-bond acceptors (Lipinski definition) is 7. The normalized spacial score (nSPS) is 35.8. The van der Waals surface area contributed by atoms with Crippen molar-refractivity contribution in [2.45, 2.75) is 56.0 Å². The van der Waals surface area contributed by atoms with Crippen LogP contribution in [0, 0.1) is 0 Å². The van der Waals surface area contributed by atoms with Crippen molar-refractivity contribution >= 4 is 12.2 Å². The number of aldehydes is 1. The zero-order chi connectivity index (χ0) is 15.3. The Bertz CT molecular complexity index is 611. The van der Waals surface area contributed by atoms with Crippen LogP contribution in [-0.4, -0.2) is 51.1 Å². The number of nitrogens with zero attached hydrogens (tertiary/aromatic N) is 3. The molecule has 1 aliphatic carbocycles. The zero-order valence-electron chi connectivity index (χ0n) is 11.8. The largest absolute Gasteiger partial charge is 0.363 e. The highest BCUT2D eigenvalue weighted by molar-refractivity contribution is 5.88. The number of hydrogen-bond donors (Lipinski definition) is 1.